The summed E-state index contributed by atoms with van der Waals surface area (Å²) >= 11 is 0. The molecule has 3 rings (SSSR count). The quantitative estimate of drug-likeness (QED) is 0.224. The molecule has 0 unspecified atom stereocenters. The molecule has 1 aliphatic carbocycles. The fraction of sp³-hybridized carbons (Fsp3) is 0.500. The molecule has 0 aromatic heterocycles. The van der Waals surface area contributed by atoms with Gasteiger partial charge in [0.15, 0.2) is 11.6 Å². The van der Waals surface area contributed by atoms with Crippen LogP contribution in [-0.4, -0.2) is 45.3 Å². The van der Waals surface area contributed by atoms with Crippen molar-refractivity contribution in [2.24, 2.45) is 0 Å². The molecule has 12 nitrogen and oxygen atoms in total. The van der Waals surface area contributed by atoms with Crippen molar-refractivity contribution in [2.45, 2.75) is 89.6 Å². The molecule has 12 heteroatoms. The Morgan fingerprint density at radius 1 is 0.750 bits per heavy atom. The first-order chi connectivity index (χ1) is 19.0. The first kappa shape index (κ1) is 30.0. The summed E-state index contributed by atoms with van der Waals surface area (Å²) in [5.74, 6) is -7.91. The molecule has 2 aliphatic heterocycles. The maximum absolute atomic E-state index is 12.7. The van der Waals surface area contributed by atoms with Crippen molar-refractivity contribution < 1.29 is 48.3 Å². The number of hydrogen-bond acceptors (Lipinski definition) is 12. The predicted octanol–water partition coefficient (Wildman–Crippen LogP) is 4.06. The molecule has 2 heterocycles. The van der Waals surface area contributed by atoms with Crippen molar-refractivity contribution in [3.05, 3.63) is 46.3 Å². The second kappa shape index (κ2) is 12.5. The lowest BCUT2D eigenvalue weighted by Gasteiger charge is -2.46. The van der Waals surface area contributed by atoms with E-state index >= 15 is 0 Å². The Morgan fingerprint density at radius 3 is 1.38 bits per heavy atom. The number of nitriles is 2. The number of Topliss-reactive ketones (excluding diaryl/α,β-unsaturated/α-hetero) is 2. The Morgan fingerprint density at radius 2 is 1.10 bits per heavy atom. The minimum atomic E-state index is -1.64. The first-order valence-electron chi connectivity index (χ1n) is 13.0. The summed E-state index contributed by atoms with van der Waals surface area (Å²) in [6.45, 7) is 3.76. The number of unbranched alkanes of at least 4 members (excludes halogenated alkanes) is 2. The van der Waals surface area contributed by atoms with Crippen LogP contribution in [0.1, 0.15) is 78.1 Å². The largest absolute Gasteiger partial charge is 0.480 e. The van der Waals surface area contributed by atoms with E-state index in [1.54, 1.807) is 12.1 Å². The summed E-state index contributed by atoms with van der Waals surface area (Å²) in [5, 5.41) is 39.5. The highest BCUT2D eigenvalue weighted by Crippen LogP contribution is 2.46. The van der Waals surface area contributed by atoms with Crippen LogP contribution in [0.25, 0.3) is 0 Å². The third-order valence-electron chi connectivity index (χ3n) is 6.73. The van der Waals surface area contributed by atoms with E-state index in [9.17, 15) is 39.9 Å². The number of hydrogen-bond donors (Lipinski definition) is 2. The lowest BCUT2D eigenvalue weighted by atomic mass is 9.87. The van der Waals surface area contributed by atoms with Gasteiger partial charge in [-0.1, -0.05) is 26.7 Å². The van der Waals surface area contributed by atoms with Crippen LogP contribution in [0, 0.1) is 22.7 Å². The van der Waals surface area contributed by atoms with E-state index in [2.05, 4.69) is 0 Å². The van der Waals surface area contributed by atoms with Gasteiger partial charge in [-0.15, -0.1) is 0 Å². The lowest BCUT2D eigenvalue weighted by Crippen LogP contribution is -2.53. The number of esters is 2. The van der Waals surface area contributed by atoms with E-state index in [1.807, 2.05) is 13.8 Å². The van der Waals surface area contributed by atoms with Crippen LogP contribution in [0.5, 0.6) is 0 Å². The van der Waals surface area contributed by atoms with Crippen molar-refractivity contribution in [1.29, 1.82) is 10.5 Å². The van der Waals surface area contributed by atoms with Gasteiger partial charge in [0, 0.05) is 38.5 Å². The van der Waals surface area contributed by atoms with Crippen LogP contribution in [0.2, 0.25) is 0 Å². The van der Waals surface area contributed by atoms with Gasteiger partial charge in [0.1, 0.15) is 23.3 Å². The molecule has 40 heavy (non-hydrogen) atoms. The molecule has 0 amide bonds. The molecule has 0 bridgehead atoms. The van der Waals surface area contributed by atoms with Crippen molar-refractivity contribution in [2.75, 3.05) is 0 Å². The Bertz CT molecular complexity index is 1200. The molecule has 0 aromatic rings. The zero-order valence-electron chi connectivity index (χ0n) is 22.3. The normalized spacial score (nSPS) is 25.0. The third kappa shape index (κ3) is 6.52. The molecule has 0 atom stereocenters. The Balaban J connectivity index is 1.75. The number of carbonyl (C=O) groups excluding carboxylic acids is 4. The van der Waals surface area contributed by atoms with E-state index in [4.69, 9.17) is 18.9 Å². The second-order valence-electron chi connectivity index (χ2n) is 9.64. The number of ether oxygens (including phenoxy) is 4. The molecule has 1 fully saturated rings. The van der Waals surface area contributed by atoms with E-state index in [0.29, 0.717) is 12.8 Å². The molecule has 3 aliphatic rings. The zero-order valence-corrected chi connectivity index (χ0v) is 22.3. The average molecular weight is 555 g/mol. The van der Waals surface area contributed by atoms with Crippen molar-refractivity contribution >= 4 is 23.5 Å². The van der Waals surface area contributed by atoms with E-state index in [1.165, 1.54) is 0 Å². The van der Waals surface area contributed by atoms with Gasteiger partial charge in [-0.2, -0.15) is 10.5 Å². The van der Waals surface area contributed by atoms with Crippen LogP contribution in [-0.2, 0) is 38.1 Å². The number of allylic oxidation sites excluding steroid dienone is 2. The van der Waals surface area contributed by atoms with Gasteiger partial charge in [0.2, 0.25) is 0 Å². The van der Waals surface area contributed by atoms with E-state index in [-0.39, 0.29) is 49.7 Å². The van der Waals surface area contributed by atoms with Gasteiger partial charge >= 0.3 is 11.9 Å². The van der Waals surface area contributed by atoms with Crippen LogP contribution in [0.3, 0.4) is 0 Å². The Labute approximate surface area is 230 Å². The van der Waals surface area contributed by atoms with Crippen molar-refractivity contribution in [1.82, 2.24) is 0 Å². The van der Waals surface area contributed by atoms with Crippen molar-refractivity contribution in [3.63, 3.8) is 0 Å². The van der Waals surface area contributed by atoms with Gasteiger partial charge < -0.3 is 29.2 Å². The van der Waals surface area contributed by atoms with Gasteiger partial charge in [-0.25, -0.2) is 9.59 Å². The molecule has 2 N–H and O–H groups in total. The number of aliphatic hydroxyl groups is 2. The topological polar surface area (TPSA) is 193 Å². The summed E-state index contributed by atoms with van der Waals surface area (Å²) in [6.07, 6.45) is 4.17. The van der Waals surface area contributed by atoms with Gasteiger partial charge in [0.25, 0.3) is 23.5 Å². The summed E-state index contributed by atoms with van der Waals surface area (Å²) in [4.78, 5) is 49.9. The Hall–Kier alpha value is -4.58. The van der Waals surface area contributed by atoms with E-state index in [0.717, 1.165) is 25.0 Å². The molecular weight excluding hydrogens is 524 g/mol. The molecule has 0 saturated heterocycles. The number of aliphatic hydroxyl groups excluding tert-OH is 2. The molecule has 0 radical (unpaired) electrons. The first-order valence-corrected chi connectivity index (χ1v) is 13.0. The average Bonchev–Trinajstić information content (AvgIpc) is 2.92. The Kier molecular flexibility index (Phi) is 9.38. The number of rotatable bonds is 10. The smallest absolute Gasteiger partial charge is 0.348 e. The minimum absolute atomic E-state index is 0.108. The number of nitrogens with zero attached hydrogens (tertiary/aromatic N) is 2. The monoisotopic (exact) mass is 554 g/mol. The molecular formula is C28H30N2O10. The van der Waals surface area contributed by atoms with E-state index < -0.39 is 58.1 Å². The van der Waals surface area contributed by atoms with Gasteiger partial charge in [0.05, 0.1) is 11.1 Å². The summed E-state index contributed by atoms with van der Waals surface area (Å²) < 4.78 is 21.9. The third-order valence-corrected chi connectivity index (χ3v) is 6.73. The van der Waals surface area contributed by atoms with Crippen molar-refractivity contribution in [3.8, 4) is 12.1 Å². The molecule has 2 spiro atoms. The SMILES string of the molecule is CCCCC(=O)/C(C#N)=C\C1=C(O)OC2(CCC3(CC2)OC(=O)C(/C=C(/C#N)C(=O)CCCC)=C(O)O3)OC1=O. The standard InChI is InChI=1S/C28H30N2O10/c1-3-5-7-21(31)17(15-29)13-19-23(33)37-27(38-24(19)34)9-11-28(12-10-27)39-25(35)20(26(36)40-28)14-18(16-30)22(32)8-6-4-2/h13-14,33,35H,3-12H2,1-2H3/b17-13-,18-14-. The highest BCUT2D eigenvalue weighted by molar-refractivity contribution is 6.03. The maximum Gasteiger partial charge on any atom is 0.348 e. The van der Waals surface area contributed by atoms with Gasteiger partial charge in [-0.3, -0.25) is 9.59 Å². The van der Waals surface area contributed by atoms with Crippen LogP contribution >= 0.6 is 0 Å². The summed E-state index contributed by atoms with van der Waals surface area (Å²) in [5.41, 5.74) is -1.61. The van der Waals surface area contributed by atoms with Gasteiger partial charge in [-0.05, 0) is 25.0 Å². The van der Waals surface area contributed by atoms with Crippen LogP contribution in [0.15, 0.2) is 46.3 Å². The zero-order chi connectivity index (χ0) is 29.5. The highest BCUT2D eigenvalue weighted by Gasteiger charge is 2.55. The number of ketones is 2. The molecule has 212 valence electrons. The van der Waals surface area contributed by atoms with Crippen LogP contribution < -0.4 is 0 Å². The molecule has 1 saturated carbocycles. The molecule has 0 aromatic carbocycles. The minimum Gasteiger partial charge on any atom is -0.480 e. The van der Waals surface area contributed by atoms with Crippen LogP contribution in [0.4, 0.5) is 0 Å². The summed E-state index contributed by atoms with van der Waals surface area (Å²) in [7, 11) is 0. The highest BCUT2D eigenvalue weighted by atomic mass is 16.8. The predicted molar refractivity (Wildman–Crippen MR) is 134 cm³/mol. The summed E-state index contributed by atoms with van der Waals surface area (Å²) in [6, 6.07) is 3.44. The lowest BCUT2D eigenvalue weighted by molar-refractivity contribution is -0.302. The fourth-order valence-electron chi connectivity index (χ4n) is 4.37. The second-order valence-corrected chi connectivity index (χ2v) is 9.64. The number of carbonyl (C=O) groups is 4. The maximum atomic E-state index is 12.7. The fourth-order valence-corrected chi connectivity index (χ4v) is 4.37.